The Kier molecular flexibility index (Phi) is 5.55. The number of aromatic amines is 1. The smallest absolute Gasteiger partial charge is 0.266 e. The number of aromatic nitrogens is 2. The van der Waals surface area contributed by atoms with Gasteiger partial charge in [-0.3, -0.25) is 9.59 Å². The number of hydrogen-bond donors (Lipinski definition) is 1. The monoisotopic (exact) mass is 469 g/mol. The lowest BCUT2D eigenvalue weighted by molar-refractivity contribution is 0.0786. The number of hydrogen-bond acceptors (Lipinski definition) is 3. The molecule has 0 bridgehead atoms. The van der Waals surface area contributed by atoms with Crippen LogP contribution < -0.4 is 5.56 Å². The maximum absolute atomic E-state index is 14.3. The lowest BCUT2D eigenvalue weighted by Gasteiger charge is -2.19. The van der Waals surface area contributed by atoms with E-state index in [1.54, 1.807) is 42.3 Å². The van der Waals surface area contributed by atoms with E-state index in [1.807, 2.05) is 42.5 Å². The van der Waals surface area contributed by atoms with Gasteiger partial charge in [-0.15, -0.1) is 0 Å². The van der Waals surface area contributed by atoms with Crippen LogP contribution >= 0.6 is 12.2 Å². The molecule has 168 valence electrons. The van der Waals surface area contributed by atoms with Crippen molar-refractivity contribution in [3.63, 3.8) is 0 Å². The summed E-state index contributed by atoms with van der Waals surface area (Å²) in [5.74, 6) is -0.738. The molecule has 1 aromatic heterocycles. The van der Waals surface area contributed by atoms with Crippen LogP contribution in [0.25, 0.3) is 27.4 Å². The molecule has 5 aromatic rings. The van der Waals surface area contributed by atoms with Crippen molar-refractivity contribution in [2.45, 2.75) is 6.54 Å². The molecule has 0 spiro atoms. The van der Waals surface area contributed by atoms with Crippen LogP contribution in [-0.4, -0.2) is 27.4 Å². The third kappa shape index (κ3) is 3.80. The van der Waals surface area contributed by atoms with E-state index in [0.29, 0.717) is 23.0 Å². The zero-order valence-electron chi connectivity index (χ0n) is 18.3. The van der Waals surface area contributed by atoms with Crippen molar-refractivity contribution in [2.24, 2.45) is 0 Å². The van der Waals surface area contributed by atoms with Crippen LogP contribution in [0.15, 0.2) is 89.7 Å². The molecule has 0 radical (unpaired) electrons. The van der Waals surface area contributed by atoms with Gasteiger partial charge in [0.05, 0.1) is 16.6 Å². The van der Waals surface area contributed by atoms with E-state index in [0.717, 1.165) is 20.9 Å². The number of halogens is 1. The van der Waals surface area contributed by atoms with Crippen molar-refractivity contribution in [1.82, 2.24) is 14.5 Å². The SMILES string of the molecule is CN(Cc1cccc2ccccc12)C(=O)c1ccc2c(=O)n(-c3ccccc3F)c(=S)[nH]c2c1. The van der Waals surface area contributed by atoms with Crippen molar-refractivity contribution in [1.29, 1.82) is 0 Å². The molecular formula is C27H20FN3O2S. The molecule has 0 fully saturated rings. The maximum Gasteiger partial charge on any atom is 0.266 e. The predicted molar refractivity (Wildman–Crippen MR) is 134 cm³/mol. The van der Waals surface area contributed by atoms with Crippen molar-refractivity contribution < 1.29 is 9.18 Å². The largest absolute Gasteiger partial charge is 0.337 e. The molecule has 0 saturated carbocycles. The minimum Gasteiger partial charge on any atom is -0.337 e. The van der Waals surface area contributed by atoms with Crippen LogP contribution in [0.4, 0.5) is 4.39 Å². The number of carbonyl (C=O) groups excluding carboxylic acids is 1. The summed E-state index contributed by atoms with van der Waals surface area (Å²) in [5.41, 5.74) is 1.51. The molecule has 5 nitrogen and oxygen atoms in total. The Hall–Kier alpha value is -4.10. The molecule has 0 atom stereocenters. The third-order valence-corrected chi connectivity index (χ3v) is 6.16. The van der Waals surface area contributed by atoms with Crippen molar-refractivity contribution in [3.05, 3.63) is 117 Å². The number of amides is 1. The quantitative estimate of drug-likeness (QED) is 0.348. The summed E-state index contributed by atoms with van der Waals surface area (Å²) >= 11 is 5.35. The van der Waals surface area contributed by atoms with Crippen LogP contribution in [0.5, 0.6) is 0 Å². The highest BCUT2D eigenvalue weighted by Gasteiger charge is 2.16. The number of rotatable bonds is 4. The second kappa shape index (κ2) is 8.68. The average Bonchev–Trinajstić information content (AvgIpc) is 2.84. The molecule has 7 heteroatoms. The first-order valence-electron chi connectivity index (χ1n) is 10.7. The standard InChI is InChI=1S/C27H20FN3O2S/c1-30(16-19-9-6-8-17-7-2-3-10-20(17)19)25(32)18-13-14-21-23(15-18)29-27(34)31(26(21)33)24-12-5-4-11-22(24)28/h2-15H,16H2,1H3,(H,29,34). The fourth-order valence-corrected chi connectivity index (χ4v) is 4.47. The van der Waals surface area contributed by atoms with E-state index < -0.39 is 11.4 Å². The molecule has 0 saturated heterocycles. The van der Waals surface area contributed by atoms with Gasteiger partial charge in [-0.25, -0.2) is 8.96 Å². The molecule has 1 N–H and O–H groups in total. The zero-order valence-corrected chi connectivity index (χ0v) is 19.1. The Morgan fingerprint density at radius 1 is 0.971 bits per heavy atom. The zero-order chi connectivity index (χ0) is 23.8. The molecule has 0 aliphatic heterocycles. The highest BCUT2D eigenvalue weighted by molar-refractivity contribution is 7.71. The summed E-state index contributed by atoms with van der Waals surface area (Å²) in [7, 11) is 1.74. The van der Waals surface area contributed by atoms with Gasteiger partial charge in [0.1, 0.15) is 5.82 Å². The molecule has 0 unspecified atom stereocenters. The second-order valence-corrected chi connectivity index (χ2v) is 8.47. The third-order valence-electron chi connectivity index (χ3n) is 5.87. The van der Waals surface area contributed by atoms with E-state index in [9.17, 15) is 14.0 Å². The van der Waals surface area contributed by atoms with Crippen molar-refractivity contribution in [3.8, 4) is 5.69 Å². The normalized spacial score (nSPS) is 11.1. The summed E-state index contributed by atoms with van der Waals surface area (Å²) in [6.07, 6.45) is 0. The Bertz CT molecular complexity index is 1680. The van der Waals surface area contributed by atoms with E-state index in [4.69, 9.17) is 12.2 Å². The van der Waals surface area contributed by atoms with Gasteiger partial charge >= 0.3 is 0 Å². The van der Waals surface area contributed by atoms with Gasteiger partial charge < -0.3 is 9.88 Å². The fraction of sp³-hybridized carbons (Fsp3) is 0.0741. The van der Waals surface area contributed by atoms with Gasteiger partial charge in [-0.2, -0.15) is 0 Å². The minimum atomic E-state index is -0.551. The van der Waals surface area contributed by atoms with Gasteiger partial charge in [-0.1, -0.05) is 54.6 Å². The Morgan fingerprint density at radius 2 is 1.71 bits per heavy atom. The first kappa shape index (κ1) is 21.7. The molecule has 0 aliphatic rings. The number of fused-ring (bicyclic) bond motifs is 2. The van der Waals surface area contributed by atoms with Gasteiger partial charge in [0.2, 0.25) is 0 Å². The summed E-state index contributed by atoms with van der Waals surface area (Å²) in [6.45, 7) is 0.434. The van der Waals surface area contributed by atoms with Gasteiger partial charge in [0.25, 0.3) is 11.5 Å². The summed E-state index contributed by atoms with van der Waals surface area (Å²) in [4.78, 5) is 30.9. The van der Waals surface area contributed by atoms with Gasteiger partial charge in [0.15, 0.2) is 4.77 Å². The molecule has 34 heavy (non-hydrogen) atoms. The van der Waals surface area contributed by atoms with Crippen LogP contribution in [0.1, 0.15) is 15.9 Å². The fourth-order valence-electron chi connectivity index (χ4n) is 4.18. The number of H-pyrrole nitrogens is 1. The molecule has 1 heterocycles. The highest BCUT2D eigenvalue weighted by Crippen LogP contribution is 2.21. The van der Waals surface area contributed by atoms with Crippen molar-refractivity contribution in [2.75, 3.05) is 7.05 Å². The summed E-state index contributed by atoms with van der Waals surface area (Å²) in [6, 6.07) is 24.8. The van der Waals surface area contributed by atoms with E-state index in [2.05, 4.69) is 4.98 Å². The first-order chi connectivity index (χ1) is 16.4. The highest BCUT2D eigenvalue weighted by atomic mass is 32.1. The lowest BCUT2D eigenvalue weighted by Crippen LogP contribution is -2.26. The van der Waals surface area contributed by atoms with Crippen LogP contribution in [-0.2, 0) is 6.54 Å². The average molecular weight is 470 g/mol. The van der Waals surface area contributed by atoms with Crippen LogP contribution in [0.3, 0.4) is 0 Å². The lowest BCUT2D eigenvalue weighted by atomic mass is 10.0. The number of benzene rings is 4. The van der Waals surface area contributed by atoms with E-state index >= 15 is 0 Å². The summed E-state index contributed by atoms with van der Waals surface area (Å²) < 4.78 is 15.5. The predicted octanol–water partition coefficient (Wildman–Crippen LogP) is 5.61. The number of nitrogens with zero attached hydrogens (tertiary/aromatic N) is 2. The molecule has 0 aliphatic carbocycles. The minimum absolute atomic E-state index is 0.0521. The van der Waals surface area contributed by atoms with E-state index in [1.165, 1.54) is 12.1 Å². The topological polar surface area (TPSA) is 58.1 Å². The molecular weight excluding hydrogens is 449 g/mol. The molecule has 4 aromatic carbocycles. The maximum atomic E-state index is 14.3. The Morgan fingerprint density at radius 3 is 2.53 bits per heavy atom. The number of para-hydroxylation sites is 1. The Labute approximate surface area is 199 Å². The Balaban J connectivity index is 1.50. The summed E-state index contributed by atoms with van der Waals surface area (Å²) in [5, 5.41) is 2.52. The molecule has 1 amide bonds. The molecule has 5 rings (SSSR count). The second-order valence-electron chi connectivity index (χ2n) is 8.08. The van der Waals surface area contributed by atoms with Gasteiger partial charge in [-0.05, 0) is 58.9 Å². The first-order valence-corrected chi connectivity index (χ1v) is 11.1. The van der Waals surface area contributed by atoms with Crippen LogP contribution in [0.2, 0.25) is 0 Å². The number of carbonyl (C=O) groups is 1. The van der Waals surface area contributed by atoms with Crippen LogP contribution in [0, 0.1) is 10.6 Å². The van der Waals surface area contributed by atoms with Gasteiger partial charge in [0, 0.05) is 19.2 Å². The van der Waals surface area contributed by atoms with E-state index in [-0.39, 0.29) is 16.4 Å². The van der Waals surface area contributed by atoms with Crippen molar-refractivity contribution >= 4 is 39.8 Å². The number of nitrogens with one attached hydrogen (secondary N) is 1.